The average Bonchev–Trinajstić information content (AvgIpc) is 2.35. The highest BCUT2D eigenvalue weighted by atomic mass is 35.5. The first-order valence-corrected chi connectivity index (χ1v) is 4.23. The van der Waals surface area contributed by atoms with Gasteiger partial charge in [0.1, 0.15) is 0 Å². The molecule has 1 aromatic carbocycles. The molecule has 0 saturated carbocycles. The maximum Gasteiger partial charge on any atom is 0.160 e. The Bertz CT molecular complexity index is 440. The van der Waals surface area contributed by atoms with E-state index in [1.54, 1.807) is 0 Å². The minimum absolute atomic E-state index is 0.217. The van der Waals surface area contributed by atoms with Crippen LogP contribution in [0.4, 0.5) is 8.78 Å². The topological polar surface area (TPSA) is 12.9 Å². The van der Waals surface area contributed by atoms with Crippen molar-refractivity contribution in [2.24, 2.45) is 0 Å². The van der Waals surface area contributed by atoms with Gasteiger partial charge in [0.15, 0.2) is 16.8 Å². The van der Waals surface area contributed by atoms with Crippen molar-refractivity contribution in [2.75, 3.05) is 0 Å². The highest BCUT2D eigenvalue weighted by Crippen LogP contribution is 2.28. The van der Waals surface area contributed by atoms with Gasteiger partial charge in [-0.1, -0.05) is 11.6 Å². The second-order valence-electron chi connectivity index (χ2n) is 2.24. The molecule has 0 aliphatic heterocycles. The van der Waals surface area contributed by atoms with E-state index in [4.69, 9.17) is 11.6 Å². The summed E-state index contributed by atoms with van der Waals surface area (Å²) in [4.78, 5) is 0. The predicted octanol–water partition coefficient (Wildman–Crippen LogP) is 3.23. The summed E-state index contributed by atoms with van der Waals surface area (Å²) in [6.07, 6.45) is 0. The summed E-state index contributed by atoms with van der Waals surface area (Å²) in [5, 5.41) is 0.675. The number of hydrogen-bond acceptors (Lipinski definition) is 2. The van der Waals surface area contributed by atoms with Gasteiger partial charge in [-0.15, -0.1) is 0 Å². The van der Waals surface area contributed by atoms with Crippen LogP contribution < -0.4 is 0 Å². The van der Waals surface area contributed by atoms with Crippen LogP contribution >= 0.6 is 23.1 Å². The van der Waals surface area contributed by atoms with Crippen molar-refractivity contribution in [3.05, 3.63) is 28.9 Å². The quantitative estimate of drug-likeness (QED) is 0.644. The molecular weight excluding hydrogens is 204 g/mol. The maximum atomic E-state index is 12.6. The summed E-state index contributed by atoms with van der Waals surface area (Å²) in [5.41, 5.74) is 0. The summed E-state index contributed by atoms with van der Waals surface area (Å²) >= 11 is 6.66. The second-order valence-corrected chi connectivity index (χ2v) is 3.40. The van der Waals surface area contributed by atoms with Crippen molar-refractivity contribution in [1.29, 1.82) is 0 Å². The molecule has 0 fully saturated rings. The first kappa shape index (κ1) is 7.89. The molecular formula is C7H2ClF2NS. The number of halogens is 3. The van der Waals surface area contributed by atoms with Crippen LogP contribution in [0.25, 0.3) is 10.1 Å². The fourth-order valence-electron chi connectivity index (χ4n) is 0.904. The summed E-state index contributed by atoms with van der Waals surface area (Å²) in [5.74, 6) is -1.77. The van der Waals surface area contributed by atoms with E-state index >= 15 is 0 Å². The van der Waals surface area contributed by atoms with Crippen molar-refractivity contribution >= 4 is 33.2 Å². The van der Waals surface area contributed by atoms with Crippen LogP contribution in [0.2, 0.25) is 5.15 Å². The Labute approximate surface area is 75.7 Å². The van der Waals surface area contributed by atoms with Crippen LogP contribution in [0.5, 0.6) is 0 Å². The third-order valence-corrected chi connectivity index (χ3v) is 2.67. The molecule has 0 bridgehead atoms. The fraction of sp³-hybridized carbons (Fsp3) is 0. The van der Waals surface area contributed by atoms with Gasteiger partial charge in [0.25, 0.3) is 0 Å². The first-order valence-electron chi connectivity index (χ1n) is 3.08. The third-order valence-electron chi connectivity index (χ3n) is 1.47. The van der Waals surface area contributed by atoms with Gasteiger partial charge in [0.2, 0.25) is 0 Å². The fourth-order valence-corrected chi connectivity index (χ4v) is 1.91. The molecule has 0 aliphatic rings. The molecule has 2 aromatic rings. The average molecular weight is 206 g/mol. The normalized spacial score (nSPS) is 10.9. The Morgan fingerprint density at radius 2 is 1.92 bits per heavy atom. The van der Waals surface area contributed by atoms with Crippen LogP contribution in [-0.2, 0) is 0 Å². The number of hydrogen-bond donors (Lipinski definition) is 0. The van der Waals surface area contributed by atoms with Crippen molar-refractivity contribution in [2.45, 2.75) is 0 Å². The van der Waals surface area contributed by atoms with E-state index in [0.717, 1.165) is 23.7 Å². The van der Waals surface area contributed by atoms with E-state index < -0.39 is 11.6 Å². The van der Waals surface area contributed by atoms with Crippen molar-refractivity contribution in [3.8, 4) is 0 Å². The monoisotopic (exact) mass is 205 g/mol. The Hall–Kier alpha value is -0.740. The highest BCUT2D eigenvalue weighted by Gasteiger charge is 2.08. The van der Waals surface area contributed by atoms with Gasteiger partial charge in [-0.2, -0.15) is 4.37 Å². The van der Waals surface area contributed by atoms with E-state index in [1.165, 1.54) is 0 Å². The maximum absolute atomic E-state index is 12.6. The van der Waals surface area contributed by atoms with E-state index in [1.807, 2.05) is 0 Å². The molecule has 0 amide bonds. The summed E-state index contributed by atoms with van der Waals surface area (Å²) in [7, 11) is 0. The van der Waals surface area contributed by atoms with Crippen LogP contribution in [-0.4, -0.2) is 4.37 Å². The van der Waals surface area contributed by atoms with Crippen molar-refractivity contribution < 1.29 is 8.78 Å². The smallest absolute Gasteiger partial charge is 0.160 e. The minimum atomic E-state index is -0.899. The molecule has 0 saturated heterocycles. The lowest BCUT2D eigenvalue weighted by molar-refractivity contribution is 0.511. The molecule has 12 heavy (non-hydrogen) atoms. The molecule has 0 N–H and O–H groups in total. The Morgan fingerprint density at radius 1 is 1.25 bits per heavy atom. The van der Waals surface area contributed by atoms with Gasteiger partial charge >= 0.3 is 0 Å². The van der Waals surface area contributed by atoms with Gasteiger partial charge in [-0.25, -0.2) is 8.78 Å². The van der Waals surface area contributed by atoms with Crippen LogP contribution in [0, 0.1) is 11.6 Å². The lowest BCUT2D eigenvalue weighted by atomic mass is 10.3. The van der Waals surface area contributed by atoms with Crippen molar-refractivity contribution in [3.63, 3.8) is 0 Å². The predicted molar refractivity (Wildman–Crippen MR) is 44.5 cm³/mol. The lowest BCUT2D eigenvalue weighted by Gasteiger charge is -1.91. The van der Waals surface area contributed by atoms with Crippen LogP contribution in [0.1, 0.15) is 0 Å². The van der Waals surface area contributed by atoms with Crippen molar-refractivity contribution in [1.82, 2.24) is 4.37 Å². The van der Waals surface area contributed by atoms with E-state index in [-0.39, 0.29) is 5.15 Å². The Morgan fingerprint density at radius 3 is 2.67 bits per heavy atom. The van der Waals surface area contributed by atoms with Crippen LogP contribution in [0.15, 0.2) is 12.1 Å². The zero-order valence-corrected chi connectivity index (χ0v) is 7.22. The molecule has 62 valence electrons. The zero-order chi connectivity index (χ0) is 8.72. The highest BCUT2D eigenvalue weighted by molar-refractivity contribution is 7.13. The third kappa shape index (κ3) is 1.07. The molecule has 0 atom stereocenters. The first-order chi connectivity index (χ1) is 5.68. The number of nitrogens with zero attached hydrogens (tertiary/aromatic N) is 1. The Kier molecular flexibility index (Phi) is 1.73. The lowest BCUT2D eigenvalue weighted by Crippen LogP contribution is -1.80. The van der Waals surface area contributed by atoms with E-state index in [9.17, 15) is 8.78 Å². The molecule has 0 radical (unpaired) electrons. The second kappa shape index (κ2) is 2.64. The molecule has 5 heteroatoms. The Balaban J connectivity index is 2.87. The molecule has 1 aromatic heterocycles. The summed E-state index contributed by atoms with van der Waals surface area (Å²) < 4.78 is 29.6. The van der Waals surface area contributed by atoms with Crippen LogP contribution in [0.3, 0.4) is 0 Å². The van der Waals surface area contributed by atoms with Gasteiger partial charge < -0.3 is 0 Å². The molecule has 1 heterocycles. The number of rotatable bonds is 0. The molecule has 2 rings (SSSR count). The van der Waals surface area contributed by atoms with E-state index in [0.29, 0.717) is 10.1 Å². The SMILES string of the molecule is Fc1cc2snc(Cl)c2cc1F. The molecule has 0 spiro atoms. The molecule has 0 unspecified atom stereocenters. The standard InChI is InChI=1S/C7H2ClF2NS/c8-7-3-1-4(9)5(10)2-6(3)12-11-7/h1-2H. The summed E-state index contributed by atoms with van der Waals surface area (Å²) in [6, 6.07) is 2.14. The molecule has 1 nitrogen and oxygen atoms in total. The molecule has 0 aliphatic carbocycles. The van der Waals surface area contributed by atoms with E-state index in [2.05, 4.69) is 4.37 Å². The summed E-state index contributed by atoms with van der Waals surface area (Å²) in [6.45, 7) is 0. The zero-order valence-electron chi connectivity index (χ0n) is 5.64. The minimum Gasteiger partial charge on any atom is -0.204 e. The number of aromatic nitrogens is 1. The van der Waals surface area contributed by atoms with Gasteiger partial charge in [-0.3, -0.25) is 0 Å². The van der Waals surface area contributed by atoms with Gasteiger partial charge in [0.05, 0.1) is 4.70 Å². The number of fused-ring (bicyclic) bond motifs is 1. The number of benzene rings is 1. The largest absolute Gasteiger partial charge is 0.204 e. The van der Waals surface area contributed by atoms with Gasteiger partial charge in [-0.05, 0) is 23.7 Å². The van der Waals surface area contributed by atoms with Gasteiger partial charge in [0, 0.05) is 5.39 Å².